The number of amides is 4. The highest BCUT2D eigenvalue weighted by Gasteiger charge is 2.51. The van der Waals surface area contributed by atoms with E-state index in [2.05, 4.69) is 5.32 Å². The van der Waals surface area contributed by atoms with Crippen LogP contribution in [0.4, 0.5) is 9.18 Å². The van der Waals surface area contributed by atoms with Gasteiger partial charge in [0, 0.05) is 26.7 Å². The minimum atomic E-state index is -0.842. The molecule has 2 aliphatic rings. The summed E-state index contributed by atoms with van der Waals surface area (Å²) in [6.07, 6.45) is -0.695. The van der Waals surface area contributed by atoms with Crippen molar-refractivity contribution < 1.29 is 23.5 Å². The lowest BCUT2D eigenvalue weighted by atomic mass is 9.99. The highest BCUT2D eigenvalue weighted by Crippen LogP contribution is 2.34. The van der Waals surface area contributed by atoms with Crippen LogP contribution in [-0.4, -0.2) is 83.7 Å². The quantitative estimate of drug-likeness (QED) is 0.609. The number of urea groups is 1. The monoisotopic (exact) mass is 483 g/mol. The number of likely N-dealkylation sites (N-methyl/N-ethyl adjacent to an activating group) is 1. The number of hydrogen-bond donors (Lipinski definition) is 1. The van der Waals surface area contributed by atoms with Crippen LogP contribution in [-0.2, 0) is 20.9 Å². The van der Waals surface area contributed by atoms with E-state index in [1.165, 1.54) is 22.0 Å². The number of ether oxygens (including phenoxy) is 1. The summed E-state index contributed by atoms with van der Waals surface area (Å²) in [7, 11) is 1.67. The third-order valence-corrected chi connectivity index (χ3v) is 6.22. The molecule has 2 aromatic carbocycles. The molecule has 0 saturated carbocycles. The van der Waals surface area contributed by atoms with Crippen molar-refractivity contribution in [1.82, 2.24) is 25.1 Å². The second-order valence-corrected chi connectivity index (χ2v) is 8.52. The number of halogens is 1. The largest absolute Gasteiger partial charge is 0.380 e. The number of nitrogens with one attached hydrogen (secondary N) is 1. The van der Waals surface area contributed by atoms with E-state index in [0.29, 0.717) is 25.3 Å². The van der Waals surface area contributed by atoms with Gasteiger partial charge in [0.2, 0.25) is 11.8 Å². The molecule has 1 N–H and O–H groups in total. The van der Waals surface area contributed by atoms with Gasteiger partial charge in [0.1, 0.15) is 18.0 Å². The fourth-order valence-electron chi connectivity index (χ4n) is 4.54. The number of rotatable bonds is 7. The van der Waals surface area contributed by atoms with Gasteiger partial charge in [-0.15, -0.1) is 0 Å². The Morgan fingerprint density at radius 1 is 1.11 bits per heavy atom. The molecule has 2 atom stereocenters. The van der Waals surface area contributed by atoms with E-state index >= 15 is 0 Å². The van der Waals surface area contributed by atoms with Crippen LogP contribution in [0.1, 0.15) is 24.1 Å². The number of carbonyl (C=O) groups excluding carboxylic acids is 3. The van der Waals surface area contributed by atoms with Gasteiger partial charge in [-0.3, -0.25) is 9.59 Å². The fraction of sp³-hybridized carbons (Fsp3) is 0.400. The lowest BCUT2D eigenvalue weighted by Crippen LogP contribution is -2.73. The SMILES string of the molecule is CCOCCN1C[C@H]2N(C(=O)CN(C)N2C(=O)NCc2ccc(F)cc2)[C@@H](c2ccccc2)C1=O. The summed E-state index contributed by atoms with van der Waals surface area (Å²) in [5.41, 5.74) is 1.43. The molecular weight excluding hydrogens is 453 g/mol. The Hall–Kier alpha value is -3.50. The van der Waals surface area contributed by atoms with Gasteiger partial charge in [-0.05, 0) is 30.2 Å². The molecule has 2 aromatic rings. The molecule has 4 rings (SSSR count). The molecule has 0 spiro atoms. The van der Waals surface area contributed by atoms with Crippen molar-refractivity contribution in [2.24, 2.45) is 0 Å². The minimum absolute atomic E-state index is 0.0456. The number of nitrogens with zero attached hydrogens (tertiary/aromatic N) is 4. The molecule has 2 saturated heterocycles. The van der Waals surface area contributed by atoms with Crippen molar-refractivity contribution in [3.63, 3.8) is 0 Å². The first-order valence-corrected chi connectivity index (χ1v) is 11.7. The van der Waals surface area contributed by atoms with Gasteiger partial charge in [-0.25, -0.2) is 19.2 Å². The Labute approximate surface area is 204 Å². The molecule has 4 amide bonds. The van der Waals surface area contributed by atoms with Crippen molar-refractivity contribution in [2.45, 2.75) is 25.7 Å². The number of benzene rings is 2. The Balaban J connectivity index is 1.61. The zero-order chi connectivity index (χ0) is 24.9. The Morgan fingerprint density at radius 2 is 1.83 bits per heavy atom. The van der Waals surface area contributed by atoms with Crippen molar-refractivity contribution in [2.75, 3.05) is 39.9 Å². The van der Waals surface area contributed by atoms with Crippen LogP contribution < -0.4 is 5.32 Å². The maximum absolute atomic E-state index is 13.5. The van der Waals surface area contributed by atoms with Crippen LogP contribution >= 0.6 is 0 Å². The zero-order valence-corrected chi connectivity index (χ0v) is 19.9. The second kappa shape index (κ2) is 10.8. The van der Waals surface area contributed by atoms with Crippen LogP contribution in [0.2, 0.25) is 0 Å². The molecule has 2 fully saturated rings. The lowest BCUT2D eigenvalue weighted by molar-refractivity contribution is -0.188. The highest BCUT2D eigenvalue weighted by atomic mass is 19.1. The van der Waals surface area contributed by atoms with Gasteiger partial charge in [0.05, 0.1) is 19.7 Å². The number of carbonyl (C=O) groups is 3. The zero-order valence-electron chi connectivity index (χ0n) is 19.9. The Morgan fingerprint density at radius 3 is 2.51 bits per heavy atom. The molecular formula is C25H30FN5O4. The molecule has 2 aliphatic heterocycles. The van der Waals surface area contributed by atoms with Gasteiger partial charge in [-0.1, -0.05) is 42.5 Å². The molecule has 0 aromatic heterocycles. The van der Waals surface area contributed by atoms with Gasteiger partial charge in [0.25, 0.3) is 0 Å². The van der Waals surface area contributed by atoms with Crippen LogP contribution in [0, 0.1) is 5.82 Å². The minimum Gasteiger partial charge on any atom is -0.380 e. The van der Waals surface area contributed by atoms with Crippen LogP contribution in [0.5, 0.6) is 0 Å². The molecule has 2 heterocycles. The topological polar surface area (TPSA) is 85.4 Å². The number of piperazine rings is 1. The summed E-state index contributed by atoms with van der Waals surface area (Å²) in [6.45, 7) is 3.43. The molecule has 0 bridgehead atoms. The average Bonchev–Trinajstić information content (AvgIpc) is 2.85. The first-order chi connectivity index (χ1) is 16.9. The molecule has 0 radical (unpaired) electrons. The maximum Gasteiger partial charge on any atom is 0.334 e. The predicted molar refractivity (Wildman–Crippen MR) is 126 cm³/mol. The summed E-state index contributed by atoms with van der Waals surface area (Å²) >= 11 is 0. The smallest absolute Gasteiger partial charge is 0.334 e. The summed E-state index contributed by atoms with van der Waals surface area (Å²) in [6, 6.07) is 13.8. The second-order valence-electron chi connectivity index (χ2n) is 8.52. The van der Waals surface area contributed by atoms with E-state index in [9.17, 15) is 18.8 Å². The van der Waals surface area contributed by atoms with Gasteiger partial charge < -0.3 is 19.9 Å². The first kappa shape index (κ1) is 24.6. The van der Waals surface area contributed by atoms with Crippen molar-refractivity contribution in [3.8, 4) is 0 Å². The maximum atomic E-state index is 13.5. The van der Waals surface area contributed by atoms with Gasteiger partial charge in [-0.2, -0.15) is 0 Å². The van der Waals surface area contributed by atoms with Crippen LogP contribution in [0.25, 0.3) is 0 Å². The van der Waals surface area contributed by atoms with E-state index in [1.54, 1.807) is 29.1 Å². The number of hydrazine groups is 1. The molecule has 9 nitrogen and oxygen atoms in total. The van der Waals surface area contributed by atoms with Crippen molar-refractivity contribution in [3.05, 3.63) is 71.5 Å². The summed E-state index contributed by atoms with van der Waals surface area (Å²) in [5, 5.41) is 5.91. The fourth-order valence-corrected chi connectivity index (χ4v) is 4.54. The standard InChI is InChI=1S/C25H30FN5O4/c1-3-35-14-13-29-16-21-30(23(24(29)33)19-7-5-4-6-8-19)22(32)17-28(2)31(21)25(34)27-15-18-9-11-20(26)12-10-18/h4-12,21,23H,3,13-17H2,1-2H3,(H,27,34)/t21-,23-/m0/s1. The molecule has 186 valence electrons. The van der Waals surface area contributed by atoms with Gasteiger partial charge >= 0.3 is 6.03 Å². The molecule has 0 unspecified atom stereocenters. The highest BCUT2D eigenvalue weighted by molar-refractivity contribution is 5.92. The lowest BCUT2D eigenvalue weighted by Gasteiger charge is -2.54. The number of hydrogen-bond acceptors (Lipinski definition) is 5. The third-order valence-electron chi connectivity index (χ3n) is 6.22. The van der Waals surface area contributed by atoms with E-state index in [1.807, 2.05) is 37.3 Å². The van der Waals surface area contributed by atoms with E-state index < -0.39 is 18.2 Å². The van der Waals surface area contributed by atoms with Crippen molar-refractivity contribution >= 4 is 17.8 Å². The third kappa shape index (κ3) is 5.28. The normalized spacial score (nSPS) is 20.7. The summed E-state index contributed by atoms with van der Waals surface area (Å²) in [5.74, 6) is -0.778. The van der Waals surface area contributed by atoms with Crippen LogP contribution in [0.15, 0.2) is 54.6 Å². The van der Waals surface area contributed by atoms with E-state index in [4.69, 9.17) is 4.74 Å². The Bertz CT molecular complexity index is 1050. The van der Waals surface area contributed by atoms with Crippen molar-refractivity contribution in [1.29, 1.82) is 0 Å². The number of fused-ring (bicyclic) bond motifs is 1. The summed E-state index contributed by atoms with van der Waals surface area (Å²) in [4.78, 5) is 43.2. The molecule has 35 heavy (non-hydrogen) atoms. The van der Waals surface area contributed by atoms with Crippen LogP contribution in [0.3, 0.4) is 0 Å². The van der Waals surface area contributed by atoms with Gasteiger partial charge in [0.15, 0.2) is 0 Å². The van der Waals surface area contributed by atoms with E-state index in [-0.39, 0.29) is 37.3 Å². The summed E-state index contributed by atoms with van der Waals surface area (Å²) < 4.78 is 18.7. The average molecular weight is 484 g/mol. The first-order valence-electron chi connectivity index (χ1n) is 11.7. The molecule has 10 heteroatoms. The molecule has 0 aliphatic carbocycles. The predicted octanol–water partition coefficient (Wildman–Crippen LogP) is 1.97. The van der Waals surface area contributed by atoms with E-state index in [0.717, 1.165) is 5.56 Å². The Kier molecular flexibility index (Phi) is 7.62.